The highest BCUT2D eigenvalue weighted by molar-refractivity contribution is 7.71. The van der Waals surface area contributed by atoms with Gasteiger partial charge in [-0.2, -0.15) is 0 Å². The van der Waals surface area contributed by atoms with E-state index in [4.69, 9.17) is 17.0 Å². The van der Waals surface area contributed by atoms with E-state index in [9.17, 15) is 0 Å². The van der Waals surface area contributed by atoms with Crippen molar-refractivity contribution in [3.63, 3.8) is 0 Å². The van der Waals surface area contributed by atoms with Crippen LogP contribution >= 0.6 is 12.2 Å². The number of H-pyrrole nitrogens is 2. The minimum absolute atomic E-state index is 0.415. The Morgan fingerprint density at radius 3 is 2.87 bits per heavy atom. The molecule has 2 heterocycles. The molecule has 4 rings (SSSR count). The van der Waals surface area contributed by atoms with Gasteiger partial charge in [-0.25, -0.2) is 9.97 Å². The first-order valence-corrected chi connectivity index (χ1v) is 7.77. The third-order valence-corrected chi connectivity index (χ3v) is 3.90. The normalized spacial score (nSPS) is 11.2. The van der Waals surface area contributed by atoms with Gasteiger partial charge in [-0.05, 0) is 36.0 Å². The van der Waals surface area contributed by atoms with Crippen LogP contribution in [0.15, 0.2) is 42.6 Å². The van der Waals surface area contributed by atoms with Gasteiger partial charge in [-0.3, -0.25) is 0 Å². The summed E-state index contributed by atoms with van der Waals surface area (Å²) in [5.41, 5.74) is 2.44. The lowest BCUT2D eigenvalue weighted by Crippen LogP contribution is -1.95. The molecule has 0 atom stereocenters. The molecule has 0 aliphatic heterocycles. The second-order valence-electron chi connectivity index (χ2n) is 5.13. The van der Waals surface area contributed by atoms with E-state index in [0.717, 1.165) is 33.4 Å². The third-order valence-electron chi connectivity index (χ3n) is 3.70. The summed E-state index contributed by atoms with van der Waals surface area (Å²) in [5, 5.41) is 2.22. The lowest BCUT2D eigenvalue weighted by Gasteiger charge is -2.11. The first-order chi connectivity index (χ1) is 11.3. The van der Waals surface area contributed by atoms with Crippen molar-refractivity contribution in [3.8, 4) is 17.1 Å². The van der Waals surface area contributed by atoms with Crippen LogP contribution in [-0.4, -0.2) is 26.5 Å². The monoisotopic (exact) mass is 322 g/mol. The number of aromatic amines is 2. The van der Waals surface area contributed by atoms with Crippen molar-refractivity contribution < 1.29 is 4.74 Å². The van der Waals surface area contributed by atoms with Crippen molar-refractivity contribution in [2.45, 2.75) is 6.92 Å². The first kappa shape index (κ1) is 13.9. The van der Waals surface area contributed by atoms with Gasteiger partial charge in [0.25, 0.3) is 0 Å². The number of hydrogen-bond donors (Lipinski definition) is 2. The number of aromatic nitrogens is 4. The molecule has 2 aromatic carbocycles. The van der Waals surface area contributed by atoms with Crippen LogP contribution in [0.1, 0.15) is 6.92 Å². The van der Waals surface area contributed by atoms with Crippen LogP contribution in [0, 0.1) is 4.77 Å². The Kier molecular flexibility index (Phi) is 3.31. The van der Waals surface area contributed by atoms with E-state index in [1.54, 1.807) is 6.20 Å². The van der Waals surface area contributed by atoms with Crippen molar-refractivity contribution in [1.29, 1.82) is 0 Å². The molecule has 0 fully saturated rings. The zero-order chi connectivity index (χ0) is 15.8. The van der Waals surface area contributed by atoms with Crippen molar-refractivity contribution in [2.75, 3.05) is 6.61 Å². The maximum Gasteiger partial charge on any atom is 0.198 e. The molecule has 0 spiro atoms. The molecule has 0 saturated carbocycles. The lowest BCUT2D eigenvalue weighted by molar-refractivity contribution is 0.342. The summed E-state index contributed by atoms with van der Waals surface area (Å²) < 4.78 is 6.23. The topological polar surface area (TPSA) is 66.6 Å². The number of ether oxygens (including phenoxy) is 1. The Labute approximate surface area is 137 Å². The van der Waals surface area contributed by atoms with Gasteiger partial charge in [0, 0.05) is 0 Å². The van der Waals surface area contributed by atoms with Gasteiger partial charge >= 0.3 is 0 Å². The molecular weight excluding hydrogens is 308 g/mol. The molecule has 0 bridgehead atoms. The Morgan fingerprint density at radius 2 is 2.00 bits per heavy atom. The Morgan fingerprint density at radius 1 is 1.13 bits per heavy atom. The predicted octanol–water partition coefficient (Wildman–Crippen LogP) is 4.23. The van der Waals surface area contributed by atoms with Gasteiger partial charge in [0.1, 0.15) is 17.1 Å². The highest BCUT2D eigenvalue weighted by Crippen LogP contribution is 2.36. The summed E-state index contributed by atoms with van der Waals surface area (Å²) in [7, 11) is 0. The molecule has 0 aliphatic carbocycles. The minimum atomic E-state index is 0.415. The highest BCUT2D eigenvalue weighted by Gasteiger charge is 2.15. The fourth-order valence-electron chi connectivity index (χ4n) is 2.72. The van der Waals surface area contributed by atoms with Crippen LogP contribution in [-0.2, 0) is 0 Å². The molecule has 114 valence electrons. The van der Waals surface area contributed by atoms with Gasteiger partial charge in [0.15, 0.2) is 10.4 Å². The summed E-state index contributed by atoms with van der Waals surface area (Å²) in [6.07, 6.45) is 1.69. The lowest BCUT2D eigenvalue weighted by atomic mass is 10.0. The summed E-state index contributed by atoms with van der Waals surface area (Å²) in [5.74, 6) is 1.54. The van der Waals surface area contributed by atoms with Gasteiger partial charge < -0.3 is 14.7 Å². The van der Waals surface area contributed by atoms with Crippen molar-refractivity contribution in [3.05, 3.63) is 47.4 Å². The number of rotatable bonds is 3. The van der Waals surface area contributed by atoms with E-state index < -0.39 is 0 Å². The fourth-order valence-corrected chi connectivity index (χ4v) is 2.87. The number of benzene rings is 2. The molecule has 0 aliphatic rings. The van der Waals surface area contributed by atoms with E-state index in [2.05, 4.69) is 38.1 Å². The summed E-state index contributed by atoms with van der Waals surface area (Å²) in [4.78, 5) is 15.0. The van der Waals surface area contributed by atoms with E-state index >= 15 is 0 Å². The standard InChI is InChI=1S/C17H14N4OS/c1-2-22-13-8-7-10-5-3-4-6-11(10)14(13)16-19-12-9-18-17(23)21-15(12)20-16/h3-9H,2H2,1H3,(H2,18,19,20,21,23). The molecule has 6 heteroatoms. The number of nitrogens with one attached hydrogen (secondary N) is 2. The molecule has 5 nitrogen and oxygen atoms in total. The minimum Gasteiger partial charge on any atom is -0.493 e. The van der Waals surface area contributed by atoms with E-state index in [-0.39, 0.29) is 0 Å². The molecule has 2 N–H and O–H groups in total. The predicted molar refractivity (Wildman–Crippen MR) is 93.2 cm³/mol. The maximum atomic E-state index is 5.81. The van der Waals surface area contributed by atoms with Crippen molar-refractivity contribution in [1.82, 2.24) is 19.9 Å². The highest BCUT2D eigenvalue weighted by atomic mass is 32.1. The van der Waals surface area contributed by atoms with Crippen molar-refractivity contribution >= 4 is 34.2 Å². The molecule has 0 radical (unpaired) electrons. The number of nitrogens with zero attached hydrogens (tertiary/aromatic N) is 2. The summed E-state index contributed by atoms with van der Waals surface area (Å²) >= 11 is 5.06. The Balaban J connectivity index is 2.04. The number of imidazole rings is 1. The molecule has 2 aromatic heterocycles. The smallest absolute Gasteiger partial charge is 0.198 e. The molecule has 4 aromatic rings. The maximum absolute atomic E-state index is 5.81. The van der Waals surface area contributed by atoms with Crippen LogP contribution in [0.3, 0.4) is 0 Å². The van der Waals surface area contributed by atoms with E-state index in [0.29, 0.717) is 17.0 Å². The van der Waals surface area contributed by atoms with Crippen LogP contribution in [0.4, 0.5) is 0 Å². The van der Waals surface area contributed by atoms with Gasteiger partial charge in [-0.1, -0.05) is 30.3 Å². The van der Waals surface area contributed by atoms with Gasteiger partial charge in [-0.15, -0.1) is 0 Å². The second-order valence-corrected chi connectivity index (χ2v) is 5.52. The summed E-state index contributed by atoms with van der Waals surface area (Å²) in [6.45, 7) is 2.56. The Bertz CT molecular complexity index is 1070. The summed E-state index contributed by atoms with van der Waals surface area (Å²) in [6, 6.07) is 12.2. The number of hydrogen-bond acceptors (Lipinski definition) is 4. The molecular formula is C17H14N4OS. The molecule has 23 heavy (non-hydrogen) atoms. The van der Waals surface area contributed by atoms with Gasteiger partial charge in [0.2, 0.25) is 0 Å². The largest absolute Gasteiger partial charge is 0.493 e. The SMILES string of the molecule is CCOc1ccc2ccccc2c1-c1nc2[nH]c(=S)ncc2[nH]1. The zero-order valence-electron chi connectivity index (χ0n) is 12.5. The first-order valence-electron chi connectivity index (χ1n) is 7.36. The average molecular weight is 322 g/mol. The zero-order valence-corrected chi connectivity index (χ0v) is 13.3. The van der Waals surface area contributed by atoms with Crippen molar-refractivity contribution in [2.24, 2.45) is 0 Å². The van der Waals surface area contributed by atoms with Crippen LogP contribution in [0.2, 0.25) is 0 Å². The average Bonchev–Trinajstić information content (AvgIpc) is 2.97. The van der Waals surface area contributed by atoms with Crippen LogP contribution in [0.5, 0.6) is 5.75 Å². The van der Waals surface area contributed by atoms with Crippen LogP contribution < -0.4 is 4.74 Å². The second kappa shape index (κ2) is 5.48. The quantitative estimate of drug-likeness (QED) is 0.554. The number of fused-ring (bicyclic) bond motifs is 2. The van der Waals surface area contributed by atoms with Gasteiger partial charge in [0.05, 0.1) is 18.4 Å². The van der Waals surface area contributed by atoms with Crippen LogP contribution in [0.25, 0.3) is 33.3 Å². The molecule has 0 saturated heterocycles. The van der Waals surface area contributed by atoms with E-state index in [1.165, 1.54) is 0 Å². The third kappa shape index (κ3) is 2.37. The van der Waals surface area contributed by atoms with E-state index in [1.807, 2.05) is 25.1 Å². The molecule has 0 amide bonds. The Hall–Kier alpha value is -2.73. The molecule has 0 unspecified atom stereocenters. The fraction of sp³-hybridized carbons (Fsp3) is 0.118.